The predicted octanol–water partition coefficient (Wildman–Crippen LogP) is 2.18. The van der Waals surface area contributed by atoms with Crippen molar-refractivity contribution in [3.63, 3.8) is 0 Å². The summed E-state index contributed by atoms with van der Waals surface area (Å²) < 4.78 is 31.8. The molecule has 1 amide bonds. The summed E-state index contributed by atoms with van der Waals surface area (Å²) in [6.45, 7) is 5.42. The topological polar surface area (TPSA) is 153 Å². The van der Waals surface area contributed by atoms with Crippen LogP contribution in [0.4, 0.5) is 0 Å². The van der Waals surface area contributed by atoms with E-state index in [1.165, 1.54) is 27.7 Å². The van der Waals surface area contributed by atoms with Crippen molar-refractivity contribution in [2.45, 2.75) is 46.5 Å². The third-order valence-corrected chi connectivity index (χ3v) is 5.73. The van der Waals surface area contributed by atoms with Crippen LogP contribution in [0.2, 0.25) is 0 Å². The van der Waals surface area contributed by atoms with Crippen molar-refractivity contribution in [2.75, 3.05) is 53.3 Å². The Hall–Kier alpha value is -3.67. The Labute approximate surface area is 234 Å². The molecule has 0 spiro atoms. The van der Waals surface area contributed by atoms with Gasteiger partial charge in [-0.2, -0.15) is 0 Å². The maximum Gasteiger partial charge on any atom is 0.302 e. The molecular weight excluding hydrogens is 526 g/mol. The van der Waals surface area contributed by atoms with Crippen LogP contribution in [-0.2, 0) is 47.7 Å². The third kappa shape index (κ3) is 15.1. The molecule has 0 unspecified atom stereocenters. The maximum atomic E-state index is 12.2. The van der Waals surface area contributed by atoms with E-state index in [0.29, 0.717) is 24.5 Å². The molecule has 224 valence electrons. The van der Waals surface area contributed by atoms with Crippen LogP contribution in [0.1, 0.15) is 52.0 Å². The van der Waals surface area contributed by atoms with E-state index in [1.807, 2.05) is 0 Å². The smallest absolute Gasteiger partial charge is 0.302 e. The van der Waals surface area contributed by atoms with Crippen LogP contribution in [0.15, 0.2) is 24.3 Å². The van der Waals surface area contributed by atoms with E-state index in [0.717, 1.165) is 12.8 Å². The van der Waals surface area contributed by atoms with Crippen molar-refractivity contribution >= 4 is 29.8 Å². The largest absolute Gasteiger partial charge is 0.484 e. The van der Waals surface area contributed by atoms with Gasteiger partial charge in [-0.1, -0.05) is 12.1 Å². The van der Waals surface area contributed by atoms with Crippen molar-refractivity contribution in [3.05, 3.63) is 29.8 Å². The molecule has 40 heavy (non-hydrogen) atoms. The van der Waals surface area contributed by atoms with Gasteiger partial charge in [0, 0.05) is 65.7 Å². The highest BCUT2D eigenvalue weighted by Gasteiger charge is 2.35. The molecule has 0 aliphatic rings. The van der Waals surface area contributed by atoms with Gasteiger partial charge in [0.25, 0.3) is 5.91 Å². The molecule has 0 radical (unpaired) electrons. The van der Waals surface area contributed by atoms with Crippen molar-refractivity contribution in [2.24, 2.45) is 11.8 Å². The summed E-state index contributed by atoms with van der Waals surface area (Å²) >= 11 is 0. The van der Waals surface area contributed by atoms with Crippen LogP contribution in [0.5, 0.6) is 5.75 Å². The second-order valence-electron chi connectivity index (χ2n) is 9.17. The maximum absolute atomic E-state index is 12.2. The van der Waals surface area contributed by atoms with E-state index in [9.17, 15) is 24.0 Å². The molecule has 0 fully saturated rings. The molecule has 12 nitrogen and oxygen atoms in total. The van der Waals surface area contributed by atoms with E-state index in [4.69, 9.17) is 28.4 Å². The number of hydrogen-bond acceptors (Lipinski definition) is 11. The second-order valence-corrected chi connectivity index (χ2v) is 9.17. The van der Waals surface area contributed by atoms with E-state index in [2.05, 4.69) is 5.32 Å². The second kappa shape index (κ2) is 19.4. The summed E-state index contributed by atoms with van der Waals surface area (Å²) in [5.74, 6) is -3.83. The first-order valence-corrected chi connectivity index (χ1v) is 13.0. The van der Waals surface area contributed by atoms with Crippen LogP contribution >= 0.6 is 0 Å². The quantitative estimate of drug-likeness (QED) is 0.149. The van der Waals surface area contributed by atoms with Crippen LogP contribution in [0, 0.1) is 11.8 Å². The lowest BCUT2D eigenvalue weighted by Crippen LogP contribution is -2.35. The molecule has 1 aromatic rings. The zero-order chi connectivity index (χ0) is 29.9. The molecule has 0 heterocycles. The predicted molar refractivity (Wildman–Crippen MR) is 142 cm³/mol. The number of ether oxygens (including phenoxy) is 6. The summed E-state index contributed by atoms with van der Waals surface area (Å²) in [5.41, 5.74) is 0.645. The fraction of sp³-hybridized carbons (Fsp3) is 0.607. The normalized spacial score (nSPS) is 10.8. The van der Waals surface area contributed by atoms with Crippen LogP contribution in [0.25, 0.3) is 0 Å². The van der Waals surface area contributed by atoms with Gasteiger partial charge in [-0.15, -0.1) is 0 Å². The van der Waals surface area contributed by atoms with Gasteiger partial charge in [0.2, 0.25) is 0 Å². The molecule has 0 bridgehead atoms. The summed E-state index contributed by atoms with van der Waals surface area (Å²) in [6, 6.07) is 6.85. The number of hydrogen-bond donors (Lipinski definition) is 1. The molecule has 12 heteroatoms. The van der Waals surface area contributed by atoms with Gasteiger partial charge in [-0.25, -0.2) is 0 Å². The summed E-state index contributed by atoms with van der Waals surface area (Å²) in [7, 11) is 1.62. The number of carbonyl (C=O) groups excluding carboxylic acids is 5. The van der Waals surface area contributed by atoms with E-state index >= 15 is 0 Å². The number of unbranched alkanes of at least 4 members (excludes halogenated alkanes) is 1. The van der Waals surface area contributed by atoms with Gasteiger partial charge in [-0.05, 0) is 30.5 Å². The third-order valence-electron chi connectivity index (χ3n) is 5.73. The van der Waals surface area contributed by atoms with E-state index in [-0.39, 0.29) is 38.9 Å². The fourth-order valence-electron chi connectivity index (χ4n) is 3.95. The van der Waals surface area contributed by atoms with E-state index < -0.39 is 41.6 Å². The number of nitrogens with one attached hydrogen (secondary N) is 1. The first kappa shape index (κ1) is 34.4. The van der Waals surface area contributed by atoms with Gasteiger partial charge >= 0.3 is 23.9 Å². The molecule has 0 aromatic heterocycles. The van der Waals surface area contributed by atoms with Gasteiger partial charge in [0.15, 0.2) is 6.61 Å². The van der Waals surface area contributed by atoms with Gasteiger partial charge in [0.05, 0.1) is 26.4 Å². The number of rotatable bonds is 19. The Balaban J connectivity index is 3.26. The number of benzene rings is 1. The monoisotopic (exact) mass is 567 g/mol. The van der Waals surface area contributed by atoms with Gasteiger partial charge < -0.3 is 33.7 Å². The molecule has 0 saturated carbocycles. The minimum Gasteiger partial charge on any atom is -0.484 e. The minimum absolute atomic E-state index is 0.125. The molecule has 1 rings (SSSR count). The van der Waals surface area contributed by atoms with Crippen LogP contribution in [-0.4, -0.2) is 83.1 Å². The van der Waals surface area contributed by atoms with Crippen molar-refractivity contribution in [3.8, 4) is 5.75 Å². The van der Waals surface area contributed by atoms with Crippen LogP contribution in [0.3, 0.4) is 0 Å². The Morgan fingerprint density at radius 1 is 0.750 bits per heavy atom. The first-order chi connectivity index (χ1) is 19.0. The average Bonchev–Trinajstić information content (AvgIpc) is 2.89. The first-order valence-electron chi connectivity index (χ1n) is 13.0. The molecule has 0 saturated heterocycles. The summed E-state index contributed by atoms with van der Waals surface area (Å²) in [4.78, 5) is 58.8. The Morgan fingerprint density at radius 3 is 1.70 bits per heavy atom. The Bertz CT molecular complexity index is 889. The SMILES string of the molecule is COCCCCNC(=O)COc1cccc(C(C(COC(C)=O)COC(C)=O)C(COC(C)=O)COC(C)=O)c1. The van der Waals surface area contributed by atoms with Gasteiger partial charge in [0.1, 0.15) is 5.75 Å². The zero-order valence-electron chi connectivity index (χ0n) is 23.9. The molecule has 1 aromatic carbocycles. The van der Waals surface area contributed by atoms with E-state index in [1.54, 1.807) is 31.4 Å². The lowest BCUT2D eigenvalue weighted by molar-refractivity contribution is -0.149. The molecule has 0 aliphatic heterocycles. The highest BCUT2D eigenvalue weighted by molar-refractivity contribution is 5.77. The van der Waals surface area contributed by atoms with Gasteiger partial charge in [-0.3, -0.25) is 24.0 Å². The van der Waals surface area contributed by atoms with Crippen molar-refractivity contribution in [1.82, 2.24) is 5.32 Å². The minimum atomic E-state index is -0.602. The Morgan fingerprint density at radius 2 is 1.25 bits per heavy atom. The zero-order valence-corrected chi connectivity index (χ0v) is 23.9. The summed E-state index contributed by atoms with van der Waals surface area (Å²) in [6.07, 6.45) is 1.60. The molecule has 1 N–H and O–H groups in total. The number of methoxy groups -OCH3 is 1. The number of amides is 1. The highest BCUT2D eigenvalue weighted by Crippen LogP contribution is 2.36. The molecular formula is C28H41NO11. The number of carbonyl (C=O) groups is 5. The Kier molecular flexibility index (Phi) is 16.7. The molecule has 0 aliphatic carbocycles. The standard InChI is InChI=1S/C28H41NO11/c1-19(30)36-14-24(15-37-20(2)31)28(25(16-38-21(3)32)17-39-22(4)33)23-9-8-10-26(13-23)40-18-27(34)29-11-6-7-12-35-5/h8-10,13,24-25,28H,6-7,11-12,14-18H2,1-5H3,(H,29,34). The number of esters is 4. The lowest BCUT2D eigenvalue weighted by atomic mass is 9.77. The van der Waals surface area contributed by atoms with Crippen LogP contribution < -0.4 is 10.1 Å². The average molecular weight is 568 g/mol. The fourth-order valence-corrected chi connectivity index (χ4v) is 3.95. The lowest BCUT2D eigenvalue weighted by Gasteiger charge is -2.33. The summed E-state index contributed by atoms with van der Waals surface area (Å²) in [5, 5.41) is 2.78. The van der Waals surface area contributed by atoms with Crippen molar-refractivity contribution < 1.29 is 52.4 Å². The highest BCUT2D eigenvalue weighted by atomic mass is 16.6. The molecule has 0 atom stereocenters. The van der Waals surface area contributed by atoms with Crippen molar-refractivity contribution in [1.29, 1.82) is 0 Å².